The van der Waals surface area contributed by atoms with Crippen molar-refractivity contribution in [1.29, 1.82) is 0 Å². The summed E-state index contributed by atoms with van der Waals surface area (Å²) in [6.07, 6.45) is 4.16. The normalized spacial score (nSPS) is 24.4. The van der Waals surface area contributed by atoms with Gasteiger partial charge in [-0.15, -0.1) is 11.3 Å². The average molecular weight is 352 g/mol. The van der Waals surface area contributed by atoms with E-state index in [1.807, 2.05) is 11.3 Å². The van der Waals surface area contributed by atoms with Crippen molar-refractivity contribution in [3.63, 3.8) is 0 Å². The van der Waals surface area contributed by atoms with E-state index in [-0.39, 0.29) is 0 Å². The van der Waals surface area contributed by atoms with E-state index in [0.29, 0.717) is 5.92 Å². The minimum atomic E-state index is 0.621. The summed E-state index contributed by atoms with van der Waals surface area (Å²) in [6.45, 7) is 9.87. The first-order valence-electron chi connectivity index (χ1n) is 9.42. The van der Waals surface area contributed by atoms with Crippen molar-refractivity contribution in [2.24, 2.45) is 5.92 Å². The van der Waals surface area contributed by atoms with Gasteiger partial charge in [-0.3, -0.25) is 9.80 Å². The molecule has 2 fully saturated rings. The highest BCUT2D eigenvalue weighted by Crippen LogP contribution is 2.21. The van der Waals surface area contributed by atoms with E-state index in [4.69, 9.17) is 4.74 Å². The maximum absolute atomic E-state index is 5.81. The van der Waals surface area contributed by atoms with Crippen LogP contribution >= 0.6 is 11.3 Å². The lowest BCUT2D eigenvalue weighted by Gasteiger charge is -2.26. The molecule has 0 unspecified atom stereocenters. The maximum atomic E-state index is 5.81. The van der Waals surface area contributed by atoms with E-state index in [2.05, 4.69) is 40.2 Å². The standard InChI is InChI=1S/C19H33N3OS/c1-20(2)11-18-13-22(8-9-23-15-18)14-19-10-17(16-24-19)12-21-6-4-3-5-7-21/h10,16,18H,3-9,11-15H2,1-2H3/t18-/m1/s1. The van der Waals surface area contributed by atoms with Crippen molar-refractivity contribution < 1.29 is 4.74 Å². The summed E-state index contributed by atoms with van der Waals surface area (Å²) >= 11 is 1.93. The molecule has 0 radical (unpaired) electrons. The van der Waals surface area contributed by atoms with Crippen LogP contribution in [0.15, 0.2) is 11.4 Å². The van der Waals surface area contributed by atoms with Crippen LogP contribution in [-0.2, 0) is 17.8 Å². The SMILES string of the molecule is CN(C)C[C@H]1COCCN(Cc2cc(CN3CCCCC3)cs2)C1. The Kier molecular flexibility index (Phi) is 7.10. The smallest absolute Gasteiger partial charge is 0.0593 e. The van der Waals surface area contributed by atoms with Crippen molar-refractivity contribution >= 4 is 11.3 Å². The summed E-state index contributed by atoms with van der Waals surface area (Å²) in [5, 5.41) is 2.37. The van der Waals surface area contributed by atoms with E-state index < -0.39 is 0 Å². The molecule has 1 atom stereocenters. The molecule has 3 rings (SSSR count). The molecule has 1 aromatic rings. The number of ether oxygens (including phenoxy) is 1. The first kappa shape index (κ1) is 18.3. The fourth-order valence-corrected chi connectivity index (χ4v) is 4.83. The molecule has 0 N–H and O–H groups in total. The number of nitrogens with zero attached hydrogens (tertiary/aromatic N) is 3. The van der Waals surface area contributed by atoms with Crippen LogP contribution in [-0.4, -0.2) is 74.7 Å². The number of likely N-dealkylation sites (tertiary alicyclic amines) is 1. The highest BCUT2D eigenvalue weighted by molar-refractivity contribution is 7.10. The van der Waals surface area contributed by atoms with Crippen molar-refractivity contribution in [2.75, 3.05) is 60.0 Å². The number of piperidine rings is 1. The molecule has 0 aliphatic carbocycles. The topological polar surface area (TPSA) is 19.0 Å². The number of hydrogen-bond acceptors (Lipinski definition) is 5. The van der Waals surface area contributed by atoms with Gasteiger partial charge in [0.1, 0.15) is 0 Å². The summed E-state index contributed by atoms with van der Waals surface area (Å²) in [5.41, 5.74) is 1.51. The second kappa shape index (κ2) is 9.30. The second-order valence-electron chi connectivity index (χ2n) is 7.70. The summed E-state index contributed by atoms with van der Waals surface area (Å²) in [4.78, 5) is 8.98. The van der Waals surface area contributed by atoms with Crippen molar-refractivity contribution in [3.05, 3.63) is 21.9 Å². The van der Waals surface area contributed by atoms with Crippen LogP contribution in [0, 0.1) is 5.92 Å². The van der Waals surface area contributed by atoms with Gasteiger partial charge in [0.2, 0.25) is 0 Å². The Bertz CT molecular complexity index is 485. The number of thiophene rings is 1. The van der Waals surface area contributed by atoms with Crippen LogP contribution in [0.5, 0.6) is 0 Å². The Labute approximate surface area is 151 Å². The highest BCUT2D eigenvalue weighted by Gasteiger charge is 2.20. The first-order valence-corrected chi connectivity index (χ1v) is 10.3. The van der Waals surface area contributed by atoms with Crippen molar-refractivity contribution in [2.45, 2.75) is 32.4 Å². The molecular weight excluding hydrogens is 318 g/mol. The third-order valence-electron chi connectivity index (χ3n) is 4.99. The molecule has 5 heteroatoms. The predicted molar refractivity (Wildman–Crippen MR) is 102 cm³/mol. The number of hydrogen-bond donors (Lipinski definition) is 0. The van der Waals surface area contributed by atoms with Crippen molar-refractivity contribution in [1.82, 2.24) is 14.7 Å². The molecule has 2 saturated heterocycles. The van der Waals surface area contributed by atoms with E-state index in [1.54, 1.807) is 0 Å². The fraction of sp³-hybridized carbons (Fsp3) is 0.789. The number of rotatable bonds is 6. The Balaban J connectivity index is 1.51. The molecule has 0 bridgehead atoms. The molecular formula is C19H33N3OS. The quantitative estimate of drug-likeness (QED) is 0.784. The van der Waals surface area contributed by atoms with Gasteiger partial charge in [0.05, 0.1) is 13.2 Å². The lowest BCUT2D eigenvalue weighted by Crippen LogP contribution is -2.34. The van der Waals surface area contributed by atoms with Crippen LogP contribution < -0.4 is 0 Å². The Morgan fingerprint density at radius 2 is 1.96 bits per heavy atom. The molecule has 4 nitrogen and oxygen atoms in total. The zero-order chi connectivity index (χ0) is 16.8. The van der Waals surface area contributed by atoms with Gasteiger partial charge < -0.3 is 9.64 Å². The summed E-state index contributed by atoms with van der Waals surface area (Å²) < 4.78 is 5.81. The van der Waals surface area contributed by atoms with Gasteiger partial charge in [0.25, 0.3) is 0 Å². The molecule has 1 aromatic heterocycles. The molecule has 2 aliphatic rings. The Hall–Kier alpha value is -0.460. The second-order valence-corrected chi connectivity index (χ2v) is 8.69. The van der Waals surface area contributed by atoms with Gasteiger partial charge in [0.15, 0.2) is 0 Å². The largest absolute Gasteiger partial charge is 0.380 e. The van der Waals surface area contributed by atoms with Crippen molar-refractivity contribution in [3.8, 4) is 0 Å². The zero-order valence-electron chi connectivity index (χ0n) is 15.4. The van der Waals surface area contributed by atoms with E-state index in [0.717, 1.165) is 45.9 Å². The van der Waals surface area contributed by atoms with E-state index >= 15 is 0 Å². The third kappa shape index (κ3) is 5.81. The monoisotopic (exact) mass is 351 g/mol. The first-order chi connectivity index (χ1) is 11.7. The van der Waals surface area contributed by atoms with Crippen LogP contribution in [0.4, 0.5) is 0 Å². The summed E-state index contributed by atoms with van der Waals surface area (Å²) in [5.74, 6) is 0.621. The van der Waals surface area contributed by atoms with Crippen LogP contribution in [0.1, 0.15) is 29.7 Å². The van der Waals surface area contributed by atoms with Crippen LogP contribution in [0.25, 0.3) is 0 Å². The highest BCUT2D eigenvalue weighted by atomic mass is 32.1. The zero-order valence-corrected chi connectivity index (χ0v) is 16.2. The molecule has 0 amide bonds. The van der Waals surface area contributed by atoms with Gasteiger partial charge in [-0.25, -0.2) is 0 Å². The molecule has 0 aromatic carbocycles. The predicted octanol–water partition coefficient (Wildman–Crippen LogP) is 2.74. The van der Waals surface area contributed by atoms with Crippen LogP contribution in [0.3, 0.4) is 0 Å². The van der Waals surface area contributed by atoms with E-state index in [9.17, 15) is 0 Å². The fourth-order valence-electron chi connectivity index (χ4n) is 3.91. The average Bonchev–Trinajstić information content (AvgIpc) is 2.86. The minimum Gasteiger partial charge on any atom is -0.380 e. The molecule has 3 heterocycles. The van der Waals surface area contributed by atoms with E-state index in [1.165, 1.54) is 42.8 Å². The maximum Gasteiger partial charge on any atom is 0.0593 e. The summed E-state index contributed by atoms with van der Waals surface area (Å²) in [7, 11) is 4.31. The molecule has 0 saturated carbocycles. The summed E-state index contributed by atoms with van der Waals surface area (Å²) in [6, 6.07) is 2.44. The molecule has 0 spiro atoms. The Morgan fingerprint density at radius 1 is 1.12 bits per heavy atom. The van der Waals surface area contributed by atoms with Gasteiger partial charge in [0, 0.05) is 43.5 Å². The van der Waals surface area contributed by atoms with Gasteiger partial charge >= 0.3 is 0 Å². The van der Waals surface area contributed by atoms with Crippen LogP contribution in [0.2, 0.25) is 0 Å². The lowest BCUT2D eigenvalue weighted by molar-refractivity contribution is 0.112. The van der Waals surface area contributed by atoms with Gasteiger partial charge in [-0.1, -0.05) is 6.42 Å². The lowest BCUT2D eigenvalue weighted by atomic mass is 10.1. The molecule has 24 heavy (non-hydrogen) atoms. The molecule has 136 valence electrons. The molecule has 2 aliphatic heterocycles. The minimum absolute atomic E-state index is 0.621. The van der Waals surface area contributed by atoms with Gasteiger partial charge in [-0.2, -0.15) is 0 Å². The van der Waals surface area contributed by atoms with Gasteiger partial charge in [-0.05, 0) is 57.0 Å². The third-order valence-corrected chi connectivity index (χ3v) is 5.96. The Morgan fingerprint density at radius 3 is 2.75 bits per heavy atom.